The molecule has 1 aromatic carbocycles. The molecule has 0 aliphatic carbocycles. The van der Waals surface area contributed by atoms with Gasteiger partial charge in [0.05, 0.1) is 5.56 Å². The van der Waals surface area contributed by atoms with Crippen molar-refractivity contribution in [2.24, 2.45) is 0 Å². The quantitative estimate of drug-likeness (QED) is 0.761. The van der Waals surface area contributed by atoms with E-state index in [1.807, 2.05) is 4.90 Å². The molecule has 1 nitrogen and oxygen atoms in total. The average Bonchev–Trinajstić information content (AvgIpc) is 2.80. The third-order valence-corrected chi connectivity index (χ3v) is 3.03. The number of nitrogens with zero attached hydrogens (tertiary/aromatic N) is 1. The number of alkyl halides is 3. The van der Waals surface area contributed by atoms with Crippen LogP contribution >= 0.6 is 0 Å². The maximum atomic E-state index is 12.8. The van der Waals surface area contributed by atoms with Crippen molar-refractivity contribution in [2.45, 2.75) is 19.0 Å². The van der Waals surface area contributed by atoms with Gasteiger partial charge in [-0.1, -0.05) is 24.8 Å². The Morgan fingerprint density at radius 3 is 2.29 bits per heavy atom. The van der Waals surface area contributed by atoms with Crippen molar-refractivity contribution in [3.05, 3.63) is 42.0 Å². The van der Waals surface area contributed by atoms with E-state index < -0.39 is 11.7 Å². The van der Waals surface area contributed by atoms with E-state index in [9.17, 15) is 13.2 Å². The van der Waals surface area contributed by atoms with Crippen LogP contribution in [0.25, 0.3) is 5.70 Å². The molecule has 1 fully saturated rings. The number of hydrogen-bond acceptors (Lipinski definition) is 1. The Bertz CT molecular complexity index is 417. The summed E-state index contributed by atoms with van der Waals surface area (Å²) in [6.07, 6.45) is -2.28. The van der Waals surface area contributed by atoms with Crippen LogP contribution in [0.5, 0.6) is 0 Å². The van der Waals surface area contributed by atoms with Crippen molar-refractivity contribution < 1.29 is 13.2 Å². The first kappa shape index (κ1) is 12.0. The van der Waals surface area contributed by atoms with Gasteiger partial charge in [0.2, 0.25) is 0 Å². The molecular weight excluding hydrogens is 227 g/mol. The number of likely N-dealkylation sites (tertiary alicyclic amines) is 1. The van der Waals surface area contributed by atoms with Gasteiger partial charge in [0.15, 0.2) is 0 Å². The second-order valence-electron chi connectivity index (χ2n) is 4.18. The topological polar surface area (TPSA) is 3.24 Å². The van der Waals surface area contributed by atoms with Gasteiger partial charge < -0.3 is 4.90 Å². The van der Waals surface area contributed by atoms with Crippen LogP contribution in [0, 0.1) is 0 Å². The van der Waals surface area contributed by atoms with E-state index in [0.29, 0.717) is 5.70 Å². The number of benzene rings is 1. The van der Waals surface area contributed by atoms with Crippen LogP contribution in [0.15, 0.2) is 30.8 Å². The molecule has 1 saturated heterocycles. The van der Waals surface area contributed by atoms with Crippen LogP contribution in [0.2, 0.25) is 0 Å². The summed E-state index contributed by atoms with van der Waals surface area (Å²) in [6.45, 7) is 5.40. The highest BCUT2D eigenvalue weighted by Crippen LogP contribution is 2.35. The van der Waals surface area contributed by atoms with Crippen molar-refractivity contribution in [2.75, 3.05) is 13.1 Å². The molecule has 92 valence electrons. The molecule has 1 aliphatic heterocycles. The fraction of sp³-hybridized carbons (Fsp3) is 0.385. The average molecular weight is 241 g/mol. The van der Waals surface area contributed by atoms with Crippen molar-refractivity contribution in [1.29, 1.82) is 0 Å². The zero-order valence-electron chi connectivity index (χ0n) is 9.43. The molecule has 0 bridgehead atoms. The Morgan fingerprint density at radius 2 is 1.71 bits per heavy atom. The lowest BCUT2D eigenvalue weighted by Gasteiger charge is -2.23. The van der Waals surface area contributed by atoms with Gasteiger partial charge in [0.1, 0.15) is 0 Å². The van der Waals surface area contributed by atoms with Crippen molar-refractivity contribution in [1.82, 2.24) is 4.90 Å². The second kappa shape index (κ2) is 4.43. The summed E-state index contributed by atoms with van der Waals surface area (Å²) in [5.41, 5.74) is 0.0780. The summed E-state index contributed by atoms with van der Waals surface area (Å²) >= 11 is 0. The van der Waals surface area contributed by atoms with Crippen LogP contribution in [-0.2, 0) is 6.18 Å². The molecule has 1 heterocycles. The van der Waals surface area contributed by atoms with E-state index in [2.05, 4.69) is 6.58 Å². The molecule has 0 spiro atoms. The summed E-state index contributed by atoms with van der Waals surface area (Å²) in [7, 11) is 0. The Labute approximate surface area is 98.5 Å². The van der Waals surface area contributed by atoms with Crippen molar-refractivity contribution >= 4 is 5.70 Å². The minimum atomic E-state index is -4.32. The lowest BCUT2D eigenvalue weighted by Crippen LogP contribution is -2.19. The lowest BCUT2D eigenvalue weighted by atomic mass is 10.0. The summed E-state index contributed by atoms with van der Waals surface area (Å²) in [5.74, 6) is 0. The number of halogens is 3. The molecule has 2 rings (SSSR count). The monoisotopic (exact) mass is 241 g/mol. The number of rotatable bonds is 2. The summed E-state index contributed by atoms with van der Waals surface area (Å²) in [6, 6.07) is 5.62. The summed E-state index contributed by atoms with van der Waals surface area (Å²) in [4.78, 5) is 1.92. The third kappa shape index (κ3) is 2.46. The van der Waals surface area contributed by atoms with E-state index >= 15 is 0 Å². The van der Waals surface area contributed by atoms with Crippen molar-refractivity contribution in [3.8, 4) is 0 Å². The van der Waals surface area contributed by atoms with E-state index in [4.69, 9.17) is 0 Å². The molecule has 0 saturated carbocycles. The third-order valence-electron chi connectivity index (χ3n) is 3.03. The molecule has 17 heavy (non-hydrogen) atoms. The zero-order valence-corrected chi connectivity index (χ0v) is 9.43. The molecule has 1 aliphatic rings. The SMILES string of the molecule is C=C(c1ccccc1C(F)(F)F)N1CCCC1. The van der Waals surface area contributed by atoms with Crippen molar-refractivity contribution in [3.63, 3.8) is 0 Å². The molecule has 0 amide bonds. The number of hydrogen-bond donors (Lipinski definition) is 0. The minimum Gasteiger partial charge on any atom is -0.372 e. The predicted octanol–water partition coefficient (Wildman–Crippen LogP) is 3.77. The zero-order chi connectivity index (χ0) is 12.5. The summed E-state index contributed by atoms with van der Waals surface area (Å²) in [5, 5.41) is 0. The minimum absolute atomic E-state index is 0.196. The van der Waals surface area contributed by atoms with Gasteiger partial charge in [-0.05, 0) is 18.9 Å². The highest BCUT2D eigenvalue weighted by Gasteiger charge is 2.34. The highest BCUT2D eigenvalue weighted by atomic mass is 19.4. The van der Waals surface area contributed by atoms with Crippen LogP contribution in [-0.4, -0.2) is 18.0 Å². The largest absolute Gasteiger partial charge is 0.417 e. The lowest BCUT2D eigenvalue weighted by molar-refractivity contribution is -0.137. The molecular formula is C13H14F3N. The Hall–Kier alpha value is -1.45. The first-order valence-electron chi connectivity index (χ1n) is 5.60. The van der Waals surface area contributed by atoms with Crippen LogP contribution in [0.4, 0.5) is 13.2 Å². The Morgan fingerprint density at radius 1 is 1.12 bits per heavy atom. The van der Waals surface area contributed by atoms with Crippen LogP contribution < -0.4 is 0 Å². The standard InChI is InChI=1S/C13H14F3N/c1-10(17-8-4-5-9-17)11-6-2-3-7-12(11)13(14,15)16/h2-3,6-7H,1,4-5,8-9H2. The summed E-state index contributed by atoms with van der Waals surface area (Å²) < 4.78 is 38.5. The molecule has 0 radical (unpaired) electrons. The molecule has 0 unspecified atom stereocenters. The molecule has 0 atom stereocenters. The second-order valence-corrected chi connectivity index (χ2v) is 4.18. The Balaban J connectivity index is 2.34. The van der Waals surface area contributed by atoms with E-state index in [1.54, 1.807) is 6.07 Å². The molecule has 4 heteroatoms. The normalized spacial score (nSPS) is 16.3. The molecule has 0 aromatic heterocycles. The van der Waals surface area contributed by atoms with Gasteiger partial charge in [-0.2, -0.15) is 13.2 Å². The van der Waals surface area contributed by atoms with Crippen LogP contribution in [0.3, 0.4) is 0 Å². The van der Waals surface area contributed by atoms with Gasteiger partial charge >= 0.3 is 6.18 Å². The first-order chi connectivity index (χ1) is 8.00. The maximum absolute atomic E-state index is 12.8. The smallest absolute Gasteiger partial charge is 0.372 e. The van der Waals surface area contributed by atoms with Gasteiger partial charge in [-0.3, -0.25) is 0 Å². The van der Waals surface area contributed by atoms with Gasteiger partial charge in [0, 0.05) is 24.4 Å². The fourth-order valence-electron chi connectivity index (χ4n) is 2.14. The first-order valence-corrected chi connectivity index (χ1v) is 5.60. The van der Waals surface area contributed by atoms with Gasteiger partial charge in [-0.15, -0.1) is 0 Å². The molecule has 1 aromatic rings. The van der Waals surface area contributed by atoms with Gasteiger partial charge in [-0.25, -0.2) is 0 Å². The highest BCUT2D eigenvalue weighted by molar-refractivity contribution is 5.65. The fourth-order valence-corrected chi connectivity index (χ4v) is 2.14. The van der Waals surface area contributed by atoms with E-state index in [0.717, 1.165) is 32.0 Å². The maximum Gasteiger partial charge on any atom is 0.417 e. The van der Waals surface area contributed by atoms with E-state index in [1.165, 1.54) is 12.1 Å². The predicted molar refractivity (Wildman–Crippen MR) is 61.3 cm³/mol. The van der Waals surface area contributed by atoms with Crippen LogP contribution in [0.1, 0.15) is 24.0 Å². The van der Waals surface area contributed by atoms with Gasteiger partial charge in [0.25, 0.3) is 0 Å². The van der Waals surface area contributed by atoms with E-state index in [-0.39, 0.29) is 5.56 Å². The molecule has 0 N–H and O–H groups in total. The Kier molecular flexibility index (Phi) is 3.13.